The third kappa shape index (κ3) is 3.29. The molecule has 1 aliphatic rings. The van der Waals surface area contributed by atoms with E-state index in [1.807, 2.05) is 42.6 Å². The van der Waals surface area contributed by atoms with Crippen LogP contribution in [0.2, 0.25) is 5.02 Å². The fourth-order valence-electron chi connectivity index (χ4n) is 3.39. The second-order valence-corrected chi connectivity index (χ2v) is 8.02. The van der Waals surface area contributed by atoms with E-state index in [0.717, 1.165) is 11.4 Å². The van der Waals surface area contributed by atoms with Crippen LogP contribution < -0.4 is 15.0 Å². The van der Waals surface area contributed by atoms with Crippen molar-refractivity contribution in [1.82, 2.24) is 10.3 Å². The molecule has 1 aromatic carbocycles. The number of nitrogens with one attached hydrogen (secondary N) is 1. The van der Waals surface area contributed by atoms with E-state index in [2.05, 4.69) is 33.6 Å². The molecular formula is C20H18ClN3OS2. The van der Waals surface area contributed by atoms with Crippen LogP contribution in [-0.2, 0) is 0 Å². The zero-order valence-electron chi connectivity index (χ0n) is 14.8. The topological polar surface area (TPSA) is 37.4 Å². The predicted octanol–water partition coefficient (Wildman–Crippen LogP) is 5.29. The molecule has 0 bridgehead atoms. The Bertz CT molecular complexity index is 976. The van der Waals surface area contributed by atoms with Crippen molar-refractivity contribution in [2.75, 3.05) is 12.0 Å². The van der Waals surface area contributed by atoms with Gasteiger partial charge in [-0.25, -0.2) is 0 Å². The van der Waals surface area contributed by atoms with Gasteiger partial charge in [-0.05, 0) is 66.5 Å². The maximum atomic E-state index is 6.39. The van der Waals surface area contributed by atoms with Gasteiger partial charge in [-0.3, -0.25) is 4.98 Å². The monoisotopic (exact) mass is 415 g/mol. The van der Waals surface area contributed by atoms with Gasteiger partial charge in [-0.2, -0.15) is 0 Å². The maximum absolute atomic E-state index is 6.39. The summed E-state index contributed by atoms with van der Waals surface area (Å²) >= 11 is 13.8. The van der Waals surface area contributed by atoms with Crippen molar-refractivity contribution < 1.29 is 4.74 Å². The Hall–Kier alpha value is -2.15. The highest BCUT2D eigenvalue weighted by molar-refractivity contribution is 7.80. The predicted molar refractivity (Wildman–Crippen MR) is 115 cm³/mol. The number of nitrogens with zero attached hydrogens (tertiary/aromatic N) is 2. The summed E-state index contributed by atoms with van der Waals surface area (Å²) in [5, 5.41) is 6.78. The lowest BCUT2D eigenvalue weighted by Gasteiger charge is -2.28. The third-order valence-electron chi connectivity index (χ3n) is 4.68. The van der Waals surface area contributed by atoms with Gasteiger partial charge in [-0.1, -0.05) is 17.7 Å². The van der Waals surface area contributed by atoms with Gasteiger partial charge >= 0.3 is 0 Å². The summed E-state index contributed by atoms with van der Waals surface area (Å²) in [7, 11) is 1.61. The number of aryl methyl sites for hydroxylation is 1. The van der Waals surface area contributed by atoms with Gasteiger partial charge in [0.1, 0.15) is 5.75 Å². The van der Waals surface area contributed by atoms with Gasteiger partial charge in [0.05, 0.1) is 29.9 Å². The molecule has 0 unspecified atom stereocenters. The lowest BCUT2D eigenvalue weighted by atomic mass is 10.0. The third-order valence-corrected chi connectivity index (χ3v) is 6.38. The number of thiocarbonyl (C=S) groups is 1. The van der Waals surface area contributed by atoms with E-state index in [1.54, 1.807) is 18.4 Å². The first kappa shape index (κ1) is 18.2. The highest BCUT2D eigenvalue weighted by Gasteiger charge is 2.42. The Labute approximate surface area is 172 Å². The van der Waals surface area contributed by atoms with E-state index in [4.69, 9.17) is 28.6 Å². The van der Waals surface area contributed by atoms with Crippen molar-refractivity contribution >= 4 is 46.0 Å². The number of aromatic nitrogens is 1. The van der Waals surface area contributed by atoms with Crippen LogP contribution >= 0.6 is 35.2 Å². The Kier molecular flexibility index (Phi) is 5.04. The zero-order chi connectivity index (χ0) is 19.0. The number of hydrogen-bond acceptors (Lipinski definition) is 4. The Balaban J connectivity index is 1.83. The molecule has 1 saturated heterocycles. The van der Waals surface area contributed by atoms with Gasteiger partial charge in [-0.15, -0.1) is 11.3 Å². The van der Waals surface area contributed by atoms with E-state index in [9.17, 15) is 0 Å². The van der Waals surface area contributed by atoms with Crippen LogP contribution in [0.4, 0.5) is 5.69 Å². The summed E-state index contributed by atoms with van der Waals surface area (Å²) < 4.78 is 5.29. The molecule has 7 heteroatoms. The number of benzene rings is 1. The first-order chi connectivity index (χ1) is 13.1. The van der Waals surface area contributed by atoms with E-state index in [-0.39, 0.29) is 12.1 Å². The SMILES string of the molecule is COc1ccc(N2C(=S)N[C@@H](c3ccccn3)[C@H]2c2sccc2C)cc1Cl. The molecule has 0 aliphatic carbocycles. The minimum absolute atomic E-state index is 0.00291. The Morgan fingerprint density at radius 3 is 2.74 bits per heavy atom. The molecule has 3 heterocycles. The minimum Gasteiger partial charge on any atom is -0.495 e. The van der Waals surface area contributed by atoms with Gasteiger partial charge in [0.2, 0.25) is 0 Å². The number of halogens is 1. The number of anilines is 1. The van der Waals surface area contributed by atoms with Crippen LogP contribution in [0, 0.1) is 6.92 Å². The van der Waals surface area contributed by atoms with E-state index in [1.165, 1.54) is 10.4 Å². The molecule has 3 aromatic rings. The normalized spacial score (nSPS) is 19.2. The molecule has 2 atom stereocenters. The molecule has 1 aliphatic heterocycles. The highest BCUT2D eigenvalue weighted by Crippen LogP contribution is 2.45. The summed E-state index contributed by atoms with van der Waals surface area (Å²) in [6.07, 6.45) is 1.81. The van der Waals surface area contributed by atoms with Crippen LogP contribution in [0.5, 0.6) is 5.75 Å². The van der Waals surface area contributed by atoms with E-state index >= 15 is 0 Å². The summed E-state index contributed by atoms with van der Waals surface area (Å²) in [5.41, 5.74) is 3.12. The molecule has 0 spiro atoms. The summed E-state index contributed by atoms with van der Waals surface area (Å²) in [4.78, 5) is 7.95. The molecule has 0 radical (unpaired) electrons. The van der Waals surface area contributed by atoms with E-state index in [0.29, 0.717) is 15.9 Å². The second kappa shape index (κ2) is 7.46. The number of pyridine rings is 1. The maximum Gasteiger partial charge on any atom is 0.174 e. The van der Waals surface area contributed by atoms with Crippen molar-refractivity contribution in [3.63, 3.8) is 0 Å². The molecule has 138 valence electrons. The number of ether oxygens (including phenoxy) is 1. The van der Waals surface area contributed by atoms with Gasteiger partial charge in [0, 0.05) is 16.8 Å². The van der Waals surface area contributed by atoms with Crippen molar-refractivity contribution in [3.8, 4) is 5.75 Å². The largest absolute Gasteiger partial charge is 0.495 e. The molecule has 4 rings (SSSR count). The lowest BCUT2D eigenvalue weighted by Crippen LogP contribution is -2.29. The lowest BCUT2D eigenvalue weighted by molar-refractivity contribution is 0.415. The van der Waals surface area contributed by atoms with Gasteiger partial charge in [0.25, 0.3) is 0 Å². The zero-order valence-corrected chi connectivity index (χ0v) is 17.2. The van der Waals surface area contributed by atoms with E-state index < -0.39 is 0 Å². The van der Waals surface area contributed by atoms with Gasteiger partial charge in [0.15, 0.2) is 5.11 Å². The fourth-order valence-corrected chi connectivity index (χ4v) is 5.04. The summed E-state index contributed by atoms with van der Waals surface area (Å²) in [6.45, 7) is 2.13. The summed E-state index contributed by atoms with van der Waals surface area (Å²) in [6, 6.07) is 13.8. The van der Waals surface area contributed by atoms with Crippen molar-refractivity contribution in [2.24, 2.45) is 0 Å². The molecule has 0 amide bonds. The van der Waals surface area contributed by atoms with Crippen molar-refractivity contribution in [3.05, 3.63) is 75.2 Å². The number of hydrogen-bond donors (Lipinski definition) is 1. The quantitative estimate of drug-likeness (QED) is 0.586. The average Bonchev–Trinajstić information content (AvgIpc) is 3.25. The molecule has 1 fully saturated rings. The Morgan fingerprint density at radius 2 is 2.11 bits per heavy atom. The minimum atomic E-state index is -0.0445. The number of methoxy groups -OCH3 is 1. The van der Waals surface area contributed by atoms with Crippen LogP contribution in [-0.4, -0.2) is 17.2 Å². The Morgan fingerprint density at radius 1 is 1.26 bits per heavy atom. The molecule has 4 nitrogen and oxygen atoms in total. The smallest absolute Gasteiger partial charge is 0.174 e. The number of thiophene rings is 1. The molecule has 1 N–H and O–H groups in total. The summed E-state index contributed by atoms with van der Waals surface area (Å²) in [5.74, 6) is 0.642. The van der Waals surface area contributed by atoms with Crippen LogP contribution in [0.15, 0.2) is 54.0 Å². The van der Waals surface area contributed by atoms with Crippen LogP contribution in [0.3, 0.4) is 0 Å². The average molecular weight is 416 g/mol. The number of rotatable bonds is 4. The van der Waals surface area contributed by atoms with Gasteiger partial charge < -0.3 is 15.0 Å². The molecular weight excluding hydrogens is 398 g/mol. The molecule has 27 heavy (non-hydrogen) atoms. The van der Waals surface area contributed by atoms with Crippen LogP contribution in [0.1, 0.15) is 28.2 Å². The standard InChI is InChI=1S/C20H18ClN3OS2/c1-12-8-10-27-19(12)18-17(15-5-3-4-9-22-15)23-20(26)24(18)13-6-7-16(25-2)14(21)11-13/h3-11,17-18H,1-2H3,(H,23,26)/t17-,18-/m0/s1. The molecule has 0 saturated carbocycles. The second-order valence-electron chi connectivity index (χ2n) is 6.28. The first-order valence-corrected chi connectivity index (χ1v) is 10.1. The molecule has 2 aromatic heterocycles. The van der Waals surface area contributed by atoms with Crippen LogP contribution in [0.25, 0.3) is 0 Å². The highest BCUT2D eigenvalue weighted by atomic mass is 35.5. The van der Waals surface area contributed by atoms with Crippen molar-refractivity contribution in [1.29, 1.82) is 0 Å². The first-order valence-electron chi connectivity index (χ1n) is 8.48. The van der Waals surface area contributed by atoms with Crippen molar-refractivity contribution in [2.45, 2.75) is 19.0 Å². The fraction of sp³-hybridized carbons (Fsp3) is 0.200.